The van der Waals surface area contributed by atoms with E-state index in [1.807, 2.05) is 0 Å². The Morgan fingerprint density at radius 1 is 1.39 bits per heavy atom. The Morgan fingerprint density at radius 2 is 2.11 bits per heavy atom. The molecule has 2 fully saturated rings. The van der Waals surface area contributed by atoms with E-state index >= 15 is 0 Å². The smallest absolute Gasteiger partial charge is 0.266 e. The largest absolute Gasteiger partial charge is 0.396 e. The van der Waals surface area contributed by atoms with Gasteiger partial charge in [-0.25, -0.2) is 4.39 Å². The van der Waals surface area contributed by atoms with E-state index in [4.69, 9.17) is 12.2 Å². The first-order valence-corrected chi connectivity index (χ1v) is 10.6. The number of carbonyl (C=O) groups excluding carboxylic acids is 2. The van der Waals surface area contributed by atoms with Gasteiger partial charge in [-0.1, -0.05) is 36.1 Å². The minimum atomic E-state index is -0.703. The van der Waals surface area contributed by atoms with Crippen molar-refractivity contribution < 1.29 is 19.1 Å². The van der Waals surface area contributed by atoms with Crippen LogP contribution >= 0.6 is 24.0 Å². The van der Waals surface area contributed by atoms with Crippen LogP contribution in [0.3, 0.4) is 0 Å². The van der Waals surface area contributed by atoms with Crippen molar-refractivity contribution in [3.8, 4) is 0 Å². The van der Waals surface area contributed by atoms with E-state index < -0.39 is 6.04 Å². The van der Waals surface area contributed by atoms with Crippen molar-refractivity contribution in [2.45, 2.75) is 44.7 Å². The van der Waals surface area contributed by atoms with Gasteiger partial charge in [0.1, 0.15) is 16.2 Å². The van der Waals surface area contributed by atoms with Gasteiger partial charge in [0, 0.05) is 19.2 Å². The molecule has 0 radical (unpaired) electrons. The maximum atomic E-state index is 13.1. The van der Waals surface area contributed by atoms with Crippen molar-refractivity contribution in [3.05, 3.63) is 40.6 Å². The number of nitrogens with zero attached hydrogens (tertiary/aromatic N) is 2. The van der Waals surface area contributed by atoms with Crippen molar-refractivity contribution in [3.63, 3.8) is 0 Å². The van der Waals surface area contributed by atoms with Gasteiger partial charge in [0.2, 0.25) is 5.91 Å². The first-order valence-electron chi connectivity index (χ1n) is 9.36. The Bertz CT molecular complexity index is 795. The normalized spacial score (nSPS) is 22.8. The standard InChI is InChI=1S/C20H23FN2O3S2/c1-13(18(25)22-10-3-2-4-16(22)9-11-24)23-19(26)17(28-20(23)27)12-14-5-7-15(21)8-6-14/h5-8,12-13,16,24H,2-4,9-11H2,1H3. The number of piperidine rings is 1. The third-order valence-corrected chi connectivity index (χ3v) is 6.44. The van der Waals surface area contributed by atoms with E-state index in [1.165, 1.54) is 17.0 Å². The van der Waals surface area contributed by atoms with Crippen molar-refractivity contribution in [2.75, 3.05) is 13.2 Å². The summed E-state index contributed by atoms with van der Waals surface area (Å²) in [7, 11) is 0. The van der Waals surface area contributed by atoms with Gasteiger partial charge >= 0.3 is 0 Å². The van der Waals surface area contributed by atoms with E-state index in [2.05, 4.69) is 0 Å². The molecule has 1 N–H and O–H groups in total. The molecule has 2 atom stereocenters. The minimum Gasteiger partial charge on any atom is -0.396 e. The Morgan fingerprint density at radius 3 is 2.79 bits per heavy atom. The van der Waals surface area contributed by atoms with E-state index in [0.29, 0.717) is 27.8 Å². The van der Waals surface area contributed by atoms with E-state index in [-0.39, 0.29) is 30.3 Å². The molecule has 2 heterocycles. The van der Waals surface area contributed by atoms with Crippen molar-refractivity contribution in [1.82, 2.24) is 9.80 Å². The van der Waals surface area contributed by atoms with Crippen LogP contribution in [0.4, 0.5) is 4.39 Å². The number of hydrogen-bond donors (Lipinski definition) is 1. The van der Waals surface area contributed by atoms with Gasteiger partial charge in [0.25, 0.3) is 5.91 Å². The number of amides is 2. The lowest BCUT2D eigenvalue weighted by Gasteiger charge is -2.38. The molecule has 1 aromatic carbocycles. The highest BCUT2D eigenvalue weighted by atomic mass is 32.2. The highest BCUT2D eigenvalue weighted by molar-refractivity contribution is 8.26. The molecular formula is C20H23FN2O3S2. The summed E-state index contributed by atoms with van der Waals surface area (Å²) in [6.45, 7) is 2.36. The molecule has 0 spiro atoms. The van der Waals surface area contributed by atoms with Gasteiger partial charge in [-0.3, -0.25) is 14.5 Å². The second-order valence-electron chi connectivity index (χ2n) is 6.97. The van der Waals surface area contributed by atoms with Crippen LogP contribution in [0.2, 0.25) is 0 Å². The average Bonchev–Trinajstić information content (AvgIpc) is 2.96. The molecule has 0 aromatic heterocycles. The van der Waals surface area contributed by atoms with Gasteiger partial charge in [-0.2, -0.15) is 0 Å². The number of likely N-dealkylation sites (tertiary alicyclic amines) is 1. The molecule has 2 aliphatic rings. The lowest BCUT2D eigenvalue weighted by Crippen LogP contribution is -2.53. The molecule has 1 aromatic rings. The van der Waals surface area contributed by atoms with Crippen LogP contribution in [0.5, 0.6) is 0 Å². The van der Waals surface area contributed by atoms with Gasteiger partial charge in [0.15, 0.2) is 0 Å². The Hall–Kier alpha value is -1.77. The monoisotopic (exact) mass is 422 g/mol. The molecule has 2 amide bonds. The van der Waals surface area contributed by atoms with Crippen LogP contribution in [-0.4, -0.2) is 56.3 Å². The zero-order chi connectivity index (χ0) is 20.3. The quantitative estimate of drug-likeness (QED) is 0.583. The van der Waals surface area contributed by atoms with E-state index in [0.717, 1.165) is 31.0 Å². The molecule has 150 valence electrons. The molecule has 5 nitrogen and oxygen atoms in total. The zero-order valence-corrected chi connectivity index (χ0v) is 17.3. The number of hydrogen-bond acceptors (Lipinski definition) is 5. The van der Waals surface area contributed by atoms with Crippen LogP contribution in [0.25, 0.3) is 6.08 Å². The topological polar surface area (TPSA) is 60.9 Å². The molecule has 2 unspecified atom stereocenters. The lowest BCUT2D eigenvalue weighted by molar-refractivity contribution is -0.142. The summed E-state index contributed by atoms with van der Waals surface area (Å²) < 4.78 is 13.4. The number of halogens is 1. The molecule has 0 aliphatic carbocycles. The molecule has 0 bridgehead atoms. The number of thioether (sulfide) groups is 1. The van der Waals surface area contributed by atoms with Crippen LogP contribution in [0.15, 0.2) is 29.2 Å². The van der Waals surface area contributed by atoms with Crippen LogP contribution < -0.4 is 0 Å². The predicted octanol–water partition coefficient (Wildman–Crippen LogP) is 3.18. The van der Waals surface area contributed by atoms with Crippen molar-refractivity contribution >= 4 is 46.2 Å². The summed E-state index contributed by atoms with van der Waals surface area (Å²) in [5.74, 6) is -0.795. The second-order valence-corrected chi connectivity index (χ2v) is 8.65. The third-order valence-electron chi connectivity index (χ3n) is 5.11. The van der Waals surface area contributed by atoms with Gasteiger partial charge in [-0.15, -0.1) is 0 Å². The van der Waals surface area contributed by atoms with Crippen LogP contribution in [0, 0.1) is 5.82 Å². The Labute approximate surface area is 173 Å². The fourth-order valence-corrected chi connectivity index (χ4v) is 5.03. The zero-order valence-electron chi connectivity index (χ0n) is 15.6. The highest BCUT2D eigenvalue weighted by Crippen LogP contribution is 2.35. The second kappa shape index (κ2) is 9.15. The van der Waals surface area contributed by atoms with E-state index in [9.17, 15) is 19.1 Å². The summed E-state index contributed by atoms with van der Waals surface area (Å²) >= 11 is 6.51. The number of rotatable bonds is 5. The fraction of sp³-hybridized carbons (Fsp3) is 0.450. The summed E-state index contributed by atoms with van der Waals surface area (Å²) in [5.41, 5.74) is 0.694. The fourth-order valence-electron chi connectivity index (χ4n) is 3.61. The maximum Gasteiger partial charge on any atom is 0.266 e. The molecule has 2 aliphatic heterocycles. The van der Waals surface area contributed by atoms with Gasteiger partial charge in [-0.05, 0) is 56.4 Å². The SMILES string of the molecule is CC(C(=O)N1CCCCC1CCO)N1C(=O)C(=Cc2ccc(F)cc2)SC1=S. The average molecular weight is 423 g/mol. The van der Waals surface area contributed by atoms with Gasteiger partial charge in [0.05, 0.1) is 4.91 Å². The first kappa shape index (κ1) is 21.0. The summed E-state index contributed by atoms with van der Waals surface area (Å²) in [6, 6.07) is 5.13. The highest BCUT2D eigenvalue weighted by Gasteiger charge is 2.40. The lowest BCUT2D eigenvalue weighted by atomic mass is 9.98. The maximum absolute atomic E-state index is 13.1. The number of benzene rings is 1. The number of carbonyl (C=O) groups is 2. The Balaban J connectivity index is 1.76. The first-order chi connectivity index (χ1) is 13.4. The number of aliphatic hydroxyl groups is 1. The molecule has 2 saturated heterocycles. The van der Waals surface area contributed by atoms with Gasteiger partial charge < -0.3 is 10.0 Å². The van der Waals surface area contributed by atoms with E-state index in [1.54, 1.807) is 30.0 Å². The summed E-state index contributed by atoms with van der Waals surface area (Å²) in [5, 5.41) is 9.29. The third kappa shape index (κ3) is 4.45. The van der Waals surface area contributed by atoms with Crippen LogP contribution in [-0.2, 0) is 9.59 Å². The molecule has 8 heteroatoms. The van der Waals surface area contributed by atoms with Crippen molar-refractivity contribution in [1.29, 1.82) is 0 Å². The Kier molecular flexibility index (Phi) is 6.85. The minimum absolute atomic E-state index is 0.00172. The van der Waals surface area contributed by atoms with Crippen LogP contribution in [0.1, 0.15) is 38.2 Å². The molecule has 28 heavy (non-hydrogen) atoms. The number of aliphatic hydroxyl groups excluding tert-OH is 1. The molecule has 0 saturated carbocycles. The predicted molar refractivity (Wildman–Crippen MR) is 112 cm³/mol. The molecular weight excluding hydrogens is 399 g/mol. The summed E-state index contributed by atoms with van der Waals surface area (Å²) in [6.07, 6.45) is 5.02. The van der Waals surface area contributed by atoms with Crippen molar-refractivity contribution in [2.24, 2.45) is 0 Å². The molecule has 3 rings (SSSR count). The number of thiocarbonyl (C=S) groups is 1. The summed E-state index contributed by atoms with van der Waals surface area (Å²) in [4.78, 5) is 29.5.